The Bertz CT molecular complexity index is 1140. The van der Waals surface area contributed by atoms with E-state index in [2.05, 4.69) is 74.5 Å². The van der Waals surface area contributed by atoms with Crippen molar-refractivity contribution in [1.29, 1.82) is 0 Å². The number of nitrogens with zero attached hydrogens (tertiary/aromatic N) is 3. The lowest BCUT2D eigenvalue weighted by molar-refractivity contribution is -0.162. The maximum Gasteiger partial charge on any atom is 0.157 e. The van der Waals surface area contributed by atoms with Crippen LogP contribution in [0.1, 0.15) is 43.2 Å². The molecule has 5 nitrogen and oxygen atoms in total. The molecule has 1 fully saturated rings. The Balaban J connectivity index is 1.37. The average molecular weight is 456 g/mol. The minimum atomic E-state index is -0.0201. The summed E-state index contributed by atoms with van der Waals surface area (Å²) >= 11 is 0. The number of ether oxygens (including phenoxy) is 2. The Labute approximate surface area is 201 Å². The van der Waals surface area contributed by atoms with Gasteiger partial charge >= 0.3 is 0 Å². The molecule has 1 aliphatic heterocycles. The molecule has 0 saturated carbocycles. The average Bonchev–Trinajstić information content (AvgIpc) is 3.29. The summed E-state index contributed by atoms with van der Waals surface area (Å²) in [7, 11) is 0. The third kappa shape index (κ3) is 5.21. The monoisotopic (exact) mass is 455 g/mol. The lowest BCUT2D eigenvalue weighted by Crippen LogP contribution is -2.22. The van der Waals surface area contributed by atoms with E-state index < -0.39 is 0 Å². The number of aryl methyl sites for hydroxylation is 3. The highest BCUT2D eigenvalue weighted by molar-refractivity contribution is 6.00. The first-order valence-corrected chi connectivity index (χ1v) is 12.4. The zero-order valence-corrected chi connectivity index (χ0v) is 20.2. The van der Waals surface area contributed by atoms with Crippen molar-refractivity contribution in [2.45, 2.75) is 58.8 Å². The van der Waals surface area contributed by atoms with Crippen molar-refractivity contribution in [3.05, 3.63) is 71.8 Å². The van der Waals surface area contributed by atoms with Crippen molar-refractivity contribution < 1.29 is 9.47 Å². The van der Waals surface area contributed by atoms with Crippen LogP contribution in [0.2, 0.25) is 0 Å². The summed E-state index contributed by atoms with van der Waals surface area (Å²) in [5, 5.41) is 9.89. The van der Waals surface area contributed by atoms with Gasteiger partial charge in [-0.05, 0) is 57.1 Å². The SMILES string of the molecule is Cc1ccc(-c2ccc(-c3ccc(C)cc3)c3nn(CCCCOC4CCCCO4)nc23)cc1. The van der Waals surface area contributed by atoms with Gasteiger partial charge < -0.3 is 9.47 Å². The van der Waals surface area contributed by atoms with E-state index in [4.69, 9.17) is 19.7 Å². The second kappa shape index (κ2) is 10.5. The van der Waals surface area contributed by atoms with E-state index in [-0.39, 0.29) is 6.29 Å². The fraction of sp³-hybridized carbons (Fsp3) is 0.379. The van der Waals surface area contributed by atoms with Gasteiger partial charge in [0.2, 0.25) is 0 Å². The van der Waals surface area contributed by atoms with Gasteiger partial charge in [0.15, 0.2) is 6.29 Å². The van der Waals surface area contributed by atoms with E-state index in [0.717, 1.165) is 61.0 Å². The smallest absolute Gasteiger partial charge is 0.157 e. The van der Waals surface area contributed by atoms with Gasteiger partial charge in [-0.2, -0.15) is 15.0 Å². The number of hydrogen-bond donors (Lipinski definition) is 0. The standard InChI is InChI=1S/C29H33N3O2/c1-21-8-12-23(13-9-21)25-16-17-26(24-14-10-22(2)11-15-24)29-28(25)30-32(31-29)18-4-6-20-34-27-7-3-5-19-33-27/h8-17,27H,3-7,18-20H2,1-2H3. The first-order valence-electron chi connectivity index (χ1n) is 12.4. The van der Waals surface area contributed by atoms with E-state index in [1.807, 2.05) is 4.80 Å². The molecular weight excluding hydrogens is 422 g/mol. The molecule has 5 heteroatoms. The number of unbranched alkanes of at least 4 members (excludes halogenated alkanes) is 1. The number of aromatic nitrogens is 3. The zero-order valence-electron chi connectivity index (χ0n) is 20.2. The second-order valence-corrected chi connectivity index (χ2v) is 9.26. The molecule has 1 atom stereocenters. The summed E-state index contributed by atoms with van der Waals surface area (Å²) < 4.78 is 11.5. The van der Waals surface area contributed by atoms with Crippen LogP contribution in [0.15, 0.2) is 60.7 Å². The highest BCUT2D eigenvalue weighted by Gasteiger charge is 2.16. The minimum Gasteiger partial charge on any atom is -0.353 e. The van der Waals surface area contributed by atoms with Crippen LogP contribution in [0.4, 0.5) is 0 Å². The number of rotatable bonds is 8. The largest absolute Gasteiger partial charge is 0.353 e. The molecule has 1 saturated heterocycles. The van der Waals surface area contributed by atoms with Crippen molar-refractivity contribution in [3.8, 4) is 22.3 Å². The second-order valence-electron chi connectivity index (χ2n) is 9.26. The maximum absolute atomic E-state index is 5.88. The van der Waals surface area contributed by atoms with Crippen LogP contribution in [0, 0.1) is 13.8 Å². The van der Waals surface area contributed by atoms with Gasteiger partial charge in [0.25, 0.3) is 0 Å². The minimum absolute atomic E-state index is 0.0201. The van der Waals surface area contributed by atoms with Crippen LogP contribution < -0.4 is 0 Å². The molecule has 0 spiro atoms. The van der Waals surface area contributed by atoms with Gasteiger partial charge in [-0.15, -0.1) is 0 Å². The van der Waals surface area contributed by atoms with Crippen LogP contribution >= 0.6 is 0 Å². The summed E-state index contributed by atoms with van der Waals surface area (Å²) in [4.78, 5) is 1.86. The fourth-order valence-corrected chi connectivity index (χ4v) is 4.48. The first kappa shape index (κ1) is 22.8. The zero-order chi connectivity index (χ0) is 23.3. The predicted molar refractivity (Wildman–Crippen MR) is 137 cm³/mol. The molecule has 0 bridgehead atoms. The summed E-state index contributed by atoms with van der Waals surface area (Å²) in [5.41, 5.74) is 8.98. The van der Waals surface area contributed by atoms with Crippen molar-refractivity contribution in [1.82, 2.24) is 15.0 Å². The Morgan fingerprint density at radius 2 is 1.38 bits per heavy atom. The normalized spacial score (nSPS) is 16.2. The Kier molecular flexibility index (Phi) is 7.02. The van der Waals surface area contributed by atoms with Gasteiger partial charge in [0, 0.05) is 24.3 Å². The molecule has 34 heavy (non-hydrogen) atoms. The van der Waals surface area contributed by atoms with E-state index in [9.17, 15) is 0 Å². The first-order chi connectivity index (χ1) is 16.7. The number of benzene rings is 3. The molecule has 1 unspecified atom stereocenters. The Morgan fingerprint density at radius 3 is 1.91 bits per heavy atom. The molecule has 1 aliphatic rings. The van der Waals surface area contributed by atoms with Crippen LogP contribution in [0.25, 0.3) is 33.3 Å². The van der Waals surface area contributed by atoms with Crippen LogP contribution in [0.3, 0.4) is 0 Å². The van der Waals surface area contributed by atoms with Gasteiger partial charge in [0.05, 0.1) is 6.54 Å². The van der Waals surface area contributed by atoms with Gasteiger partial charge in [0.1, 0.15) is 11.0 Å². The molecule has 4 aromatic rings. The van der Waals surface area contributed by atoms with Crippen LogP contribution in [0.5, 0.6) is 0 Å². The molecule has 3 aromatic carbocycles. The van der Waals surface area contributed by atoms with E-state index in [0.29, 0.717) is 6.61 Å². The molecule has 5 rings (SSSR count). The van der Waals surface area contributed by atoms with E-state index in [1.54, 1.807) is 0 Å². The van der Waals surface area contributed by atoms with Gasteiger partial charge in [-0.25, -0.2) is 0 Å². The lowest BCUT2D eigenvalue weighted by atomic mass is 9.97. The highest BCUT2D eigenvalue weighted by Crippen LogP contribution is 2.34. The summed E-state index contributed by atoms with van der Waals surface area (Å²) in [5.74, 6) is 0. The maximum atomic E-state index is 5.88. The van der Waals surface area contributed by atoms with Gasteiger partial charge in [-0.3, -0.25) is 0 Å². The molecular formula is C29H33N3O2. The Hall–Kier alpha value is -3.02. The summed E-state index contributed by atoms with van der Waals surface area (Å²) in [6, 6.07) is 21.6. The number of hydrogen-bond acceptors (Lipinski definition) is 4. The van der Waals surface area contributed by atoms with E-state index in [1.165, 1.54) is 28.7 Å². The topological polar surface area (TPSA) is 49.2 Å². The Morgan fingerprint density at radius 1 is 0.794 bits per heavy atom. The van der Waals surface area contributed by atoms with Gasteiger partial charge in [-0.1, -0.05) is 71.8 Å². The third-order valence-electron chi connectivity index (χ3n) is 6.50. The molecule has 0 amide bonds. The van der Waals surface area contributed by atoms with Crippen molar-refractivity contribution >= 4 is 11.0 Å². The molecule has 0 radical (unpaired) electrons. The van der Waals surface area contributed by atoms with Crippen molar-refractivity contribution in [3.63, 3.8) is 0 Å². The highest BCUT2D eigenvalue weighted by atomic mass is 16.7. The van der Waals surface area contributed by atoms with Crippen molar-refractivity contribution in [2.24, 2.45) is 0 Å². The van der Waals surface area contributed by atoms with E-state index >= 15 is 0 Å². The summed E-state index contributed by atoms with van der Waals surface area (Å²) in [6.07, 6.45) is 5.26. The van der Waals surface area contributed by atoms with Crippen LogP contribution in [-0.2, 0) is 16.0 Å². The molecule has 0 N–H and O–H groups in total. The quantitative estimate of drug-likeness (QED) is 0.277. The predicted octanol–water partition coefficient (Wildman–Crippen LogP) is 6.71. The molecule has 2 heterocycles. The summed E-state index contributed by atoms with van der Waals surface area (Å²) in [6.45, 7) is 6.53. The molecule has 1 aromatic heterocycles. The molecule has 176 valence electrons. The molecule has 0 aliphatic carbocycles. The van der Waals surface area contributed by atoms with Crippen LogP contribution in [-0.4, -0.2) is 34.5 Å². The van der Waals surface area contributed by atoms with Crippen molar-refractivity contribution in [2.75, 3.05) is 13.2 Å². The lowest BCUT2D eigenvalue weighted by Gasteiger charge is -2.22. The fourth-order valence-electron chi connectivity index (χ4n) is 4.48. The number of fused-ring (bicyclic) bond motifs is 1. The third-order valence-corrected chi connectivity index (χ3v) is 6.50.